The van der Waals surface area contributed by atoms with Crippen LogP contribution >= 0.6 is 11.6 Å². The first-order valence-corrected chi connectivity index (χ1v) is 8.70. The number of hydrogen-bond acceptors (Lipinski definition) is 4. The zero-order valence-electron chi connectivity index (χ0n) is 15.5. The molecule has 1 aliphatic rings. The van der Waals surface area contributed by atoms with Crippen LogP contribution in [-0.2, 0) is 14.3 Å². The van der Waals surface area contributed by atoms with Crippen molar-refractivity contribution in [3.8, 4) is 5.75 Å². The van der Waals surface area contributed by atoms with Crippen LogP contribution < -0.4 is 9.64 Å². The van der Waals surface area contributed by atoms with Crippen molar-refractivity contribution < 1.29 is 23.5 Å². The smallest absolute Gasteiger partial charge is 0.340 e. The predicted octanol–water partition coefficient (Wildman–Crippen LogP) is 4.36. The highest BCUT2D eigenvalue weighted by Crippen LogP contribution is 2.38. The Hall–Kier alpha value is -3.12. The summed E-state index contributed by atoms with van der Waals surface area (Å²) in [5.74, 6) is -0.979. The number of methoxy groups -OCH3 is 2. The molecule has 0 N–H and O–H groups in total. The van der Waals surface area contributed by atoms with Gasteiger partial charge in [0.05, 0.1) is 36.1 Å². The van der Waals surface area contributed by atoms with Crippen LogP contribution in [0.1, 0.15) is 12.5 Å². The van der Waals surface area contributed by atoms with Crippen LogP contribution in [0.25, 0.3) is 6.08 Å². The minimum absolute atomic E-state index is 0.142. The van der Waals surface area contributed by atoms with E-state index in [9.17, 15) is 14.0 Å². The third-order valence-corrected chi connectivity index (χ3v) is 4.66. The van der Waals surface area contributed by atoms with Crippen LogP contribution in [0, 0.1) is 5.82 Å². The molecule has 0 aromatic heterocycles. The van der Waals surface area contributed by atoms with E-state index < -0.39 is 17.7 Å². The highest BCUT2D eigenvalue weighted by molar-refractivity contribution is 6.32. The lowest BCUT2D eigenvalue weighted by atomic mass is 10.0. The van der Waals surface area contributed by atoms with E-state index in [1.807, 2.05) is 0 Å². The van der Waals surface area contributed by atoms with Crippen LogP contribution in [0.15, 0.2) is 59.3 Å². The van der Waals surface area contributed by atoms with Crippen LogP contribution in [-0.4, -0.2) is 26.1 Å². The molecule has 0 aliphatic carbocycles. The van der Waals surface area contributed by atoms with Crippen molar-refractivity contribution in [3.05, 3.63) is 75.7 Å². The number of benzene rings is 2. The molecule has 0 saturated heterocycles. The Morgan fingerprint density at radius 2 is 1.82 bits per heavy atom. The minimum atomic E-state index is -0.638. The van der Waals surface area contributed by atoms with E-state index in [0.29, 0.717) is 27.7 Å². The van der Waals surface area contributed by atoms with Crippen LogP contribution in [0.5, 0.6) is 5.75 Å². The van der Waals surface area contributed by atoms with E-state index in [-0.39, 0.29) is 11.1 Å². The van der Waals surface area contributed by atoms with Crippen LogP contribution in [0.2, 0.25) is 5.02 Å². The molecule has 0 spiro atoms. The van der Waals surface area contributed by atoms with E-state index in [1.54, 1.807) is 25.1 Å². The van der Waals surface area contributed by atoms with Crippen molar-refractivity contribution in [2.24, 2.45) is 0 Å². The summed E-state index contributed by atoms with van der Waals surface area (Å²) < 4.78 is 23.2. The van der Waals surface area contributed by atoms with Gasteiger partial charge < -0.3 is 9.47 Å². The Labute approximate surface area is 166 Å². The molecule has 144 valence electrons. The average molecular weight is 402 g/mol. The summed E-state index contributed by atoms with van der Waals surface area (Å²) in [6.45, 7) is 1.65. The molecule has 0 fully saturated rings. The Morgan fingerprint density at radius 1 is 1.14 bits per heavy atom. The Morgan fingerprint density at radius 3 is 2.39 bits per heavy atom. The van der Waals surface area contributed by atoms with Crippen molar-refractivity contribution in [2.45, 2.75) is 6.92 Å². The standard InChI is InChI=1S/C21H17ClFNO4/c1-12-19(21(26)28-3)16(10-13-4-6-14(23)7-5-13)20(25)24(12)15-8-9-18(27-2)17(22)11-15/h4-11H,1-3H3. The number of rotatable bonds is 4. The third kappa shape index (κ3) is 3.51. The number of ether oxygens (including phenoxy) is 2. The average Bonchev–Trinajstić information content (AvgIpc) is 2.92. The first-order valence-electron chi connectivity index (χ1n) is 8.32. The molecule has 0 radical (unpaired) electrons. The summed E-state index contributed by atoms with van der Waals surface area (Å²) in [6.07, 6.45) is 1.53. The van der Waals surface area contributed by atoms with Gasteiger partial charge in [-0.15, -0.1) is 0 Å². The quantitative estimate of drug-likeness (QED) is 0.564. The number of anilines is 1. The molecule has 5 nitrogen and oxygen atoms in total. The van der Waals surface area contributed by atoms with Gasteiger partial charge in [-0.25, -0.2) is 9.18 Å². The van der Waals surface area contributed by atoms with Gasteiger partial charge in [-0.3, -0.25) is 9.69 Å². The summed E-state index contributed by atoms with van der Waals surface area (Å²) in [7, 11) is 2.74. The van der Waals surface area contributed by atoms with Gasteiger partial charge in [0.25, 0.3) is 5.91 Å². The number of esters is 1. The third-order valence-electron chi connectivity index (χ3n) is 4.36. The first-order chi connectivity index (χ1) is 13.4. The molecule has 3 rings (SSSR count). The fourth-order valence-electron chi connectivity index (χ4n) is 3.01. The minimum Gasteiger partial charge on any atom is -0.495 e. The molecular formula is C21H17ClFNO4. The highest BCUT2D eigenvalue weighted by atomic mass is 35.5. The Balaban J connectivity index is 2.12. The predicted molar refractivity (Wildman–Crippen MR) is 105 cm³/mol. The number of carbonyl (C=O) groups is 2. The van der Waals surface area contributed by atoms with Crippen molar-refractivity contribution in [3.63, 3.8) is 0 Å². The van der Waals surface area contributed by atoms with Gasteiger partial charge in [0.15, 0.2) is 0 Å². The molecule has 28 heavy (non-hydrogen) atoms. The largest absolute Gasteiger partial charge is 0.495 e. The molecule has 0 bridgehead atoms. The lowest BCUT2D eigenvalue weighted by molar-refractivity contribution is -0.136. The second kappa shape index (κ2) is 7.86. The molecule has 0 saturated carbocycles. The highest BCUT2D eigenvalue weighted by Gasteiger charge is 2.38. The van der Waals surface area contributed by atoms with Crippen molar-refractivity contribution >= 4 is 35.2 Å². The van der Waals surface area contributed by atoms with E-state index in [0.717, 1.165) is 0 Å². The maximum absolute atomic E-state index is 13.2. The number of carbonyl (C=O) groups excluding carboxylic acids is 2. The lowest BCUT2D eigenvalue weighted by Gasteiger charge is -2.19. The number of halogens is 2. The van der Waals surface area contributed by atoms with E-state index in [2.05, 4.69) is 0 Å². The fraction of sp³-hybridized carbons (Fsp3) is 0.143. The van der Waals surface area contributed by atoms with Gasteiger partial charge in [0.2, 0.25) is 0 Å². The van der Waals surface area contributed by atoms with E-state index in [1.165, 1.54) is 49.5 Å². The topological polar surface area (TPSA) is 55.8 Å². The monoisotopic (exact) mass is 401 g/mol. The second-order valence-corrected chi connectivity index (χ2v) is 6.43. The number of allylic oxidation sites excluding steroid dienone is 1. The zero-order chi connectivity index (χ0) is 20.4. The van der Waals surface area contributed by atoms with Gasteiger partial charge >= 0.3 is 5.97 Å². The molecule has 7 heteroatoms. The molecule has 2 aromatic rings. The zero-order valence-corrected chi connectivity index (χ0v) is 16.2. The van der Waals surface area contributed by atoms with Gasteiger partial charge in [0.1, 0.15) is 11.6 Å². The Kier molecular flexibility index (Phi) is 5.51. The van der Waals surface area contributed by atoms with Gasteiger partial charge in [-0.05, 0) is 48.9 Å². The summed E-state index contributed by atoms with van der Waals surface area (Å²) in [5, 5.41) is 0.330. The number of amides is 1. The van der Waals surface area contributed by atoms with Gasteiger partial charge in [0, 0.05) is 5.70 Å². The maximum atomic E-state index is 13.2. The van der Waals surface area contributed by atoms with Crippen molar-refractivity contribution in [1.29, 1.82) is 0 Å². The van der Waals surface area contributed by atoms with Crippen molar-refractivity contribution in [2.75, 3.05) is 19.1 Å². The lowest BCUT2D eigenvalue weighted by Crippen LogP contribution is -2.24. The second-order valence-electron chi connectivity index (χ2n) is 6.02. The van der Waals surface area contributed by atoms with Gasteiger partial charge in [-0.2, -0.15) is 0 Å². The molecule has 1 aliphatic heterocycles. The molecule has 1 heterocycles. The molecule has 1 amide bonds. The summed E-state index contributed by atoms with van der Waals surface area (Å²) >= 11 is 6.19. The molecular weight excluding hydrogens is 385 g/mol. The van der Waals surface area contributed by atoms with E-state index in [4.69, 9.17) is 21.1 Å². The maximum Gasteiger partial charge on any atom is 0.340 e. The first kappa shape index (κ1) is 19.6. The summed E-state index contributed by atoms with van der Waals surface area (Å²) in [5.41, 5.74) is 1.77. The summed E-state index contributed by atoms with van der Waals surface area (Å²) in [4.78, 5) is 26.9. The summed E-state index contributed by atoms with van der Waals surface area (Å²) in [6, 6.07) is 10.5. The fourth-order valence-corrected chi connectivity index (χ4v) is 3.26. The molecule has 2 aromatic carbocycles. The molecule has 0 atom stereocenters. The number of hydrogen-bond donors (Lipinski definition) is 0. The Bertz CT molecular complexity index is 1010. The van der Waals surface area contributed by atoms with Crippen molar-refractivity contribution in [1.82, 2.24) is 0 Å². The van der Waals surface area contributed by atoms with Crippen LogP contribution in [0.4, 0.5) is 10.1 Å². The SMILES string of the molecule is COC(=O)C1=C(C)N(c2ccc(OC)c(Cl)c2)C(=O)C1=Cc1ccc(F)cc1. The molecule has 0 unspecified atom stereocenters. The normalized spacial score (nSPS) is 15.4. The number of nitrogens with zero attached hydrogens (tertiary/aromatic N) is 1. The van der Waals surface area contributed by atoms with Crippen LogP contribution in [0.3, 0.4) is 0 Å². The van der Waals surface area contributed by atoms with Gasteiger partial charge in [-0.1, -0.05) is 23.7 Å². The van der Waals surface area contributed by atoms with E-state index >= 15 is 0 Å².